The second kappa shape index (κ2) is 7.67. The zero-order valence-electron chi connectivity index (χ0n) is 17.8. The van der Waals surface area contributed by atoms with E-state index in [0.717, 1.165) is 53.4 Å². The highest BCUT2D eigenvalue weighted by Gasteiger charge is 2.59. The molecule has 3 aromatic rings. The van der Waals surface area contributed by atoms with Crippen molar-refractivity contribution >= 4 is 44.7 Å². The molecule has 4 aliphatic rings. The summed E-state index contributed by atoms with van der Waals surface area (Å²) in [5.74, 6) is 0.925. The fraction of sp³-hybridized carbons (Fsp3) is 0.423. The average molecular weight is 466 g/mol. The molecule has 2 aromatic carbocycles. The SMILES string of the molecule is CCc1ccc(Oc2nc3cc(Cl)ccc3s2)cc1C1C(=O)C2C3CCC(CC3)C2C1=O. The lowest BCUT2D eigenvalue weighted by Gasteiger charge is -2.43. The van der Waals surface area contributed by atoms with E-state index in [9.17, 15) is 9.59 Å². The largest absolute Gasteiger partial charge is 0.431 e. The van der Waals surface area contributed by atoms with Crippen LogP contribution in [0.4, 0.5) is 0 Å². The summed E-state index contributed by atoms with van der Waals surface area (Å²) in [5.41, 5.74) is 2.67. The van der Waals surface area contributed by atoms with Crippen LogP contribution in [0.3, 0.4) is 0 Å². The van der Waals surface area contributed by atoms with Gasteiger partial charge in [0.2, 0.25) is 0 Å². The van der Waals surface area contributed by atoms with Gasteiger partial charge in [-0.2, -0.15) is 0 Å². The summed E-state index contributed by atoms with van der Waals surface area (Å²) < 4.78 is 7.08. The molecule has 0 spiro atoms. The predicted molar refractivity (Wildman–Crippen MR) is 126 cm³/mol. The van der Waals surface area contributed by atoms with Gasteiger partial charge >= 0.3 is 0 Å². The van der Waals surface area contributed by atoms with Gasteiger partial charge in [0, 0.05) is 16.9 Å². The number of hydrogen-bond donors (Lipinski definition) is 0. The Kier molecular flexibility index (Phi) is 4.88. The molecule has 4 fully saturated rings. The number of hydrogen-bond acceptors (Lipinski definition) is 5. The Hall–Kier alpha value is -2.24. The quantitative estimate of drug-likeness (QED) is 0.407. The van der Waals surface area contributed by atoms with E-state index in [1.165, 1.54) is 11.3 Å². The molecule has 2 bridgehead atoms. The van der Waals surface area contributed by atoms with Crippen molar-refractivity contribution in [2.24, 2.45) is 23.7 Å². The van der Waals surface area contributed by atoms with Crippen molar-refractivity contribution in [1.82, 2.24) is 4.98 Å². The van der Waals surface area contributed by atoms with Gasteiger partial charge in [0.05, 0.1) is 10.2 Å². The highest BCUT2D eigenvalue weighted by Crippen LogP contribution is 2.56. The number of Topliss-reactive ketones (excluding diaryl/α,β-unsaturated/α-hetero) is 2. The molecule has 2 unspecified atom stereocenters. The summed E-state index contributed by atoms with van der Waals surface area (Å²) in [4.78, 5) is 31.6. The number of carbonyl (C=O) groups excluding carboxylic acids is 2. The first-order valence-corrected chi connectivity index (χ1v) is 12.7. The molecule has 0 amide bonds. The zero-order chi connectivity index (χ0) is 22.0. The Morgan fingerprint density at radius 3 is 2.34 bits per heavy atom. The third kappa shape index (κ3) is 3.12. The molecule has 32 heavy (non-hydrogen) atoms. The first kappa shape index (κ1) is 20.4. The smallest absolute Gasteiger partial charge is 0.279 e. The molecule has 0 N–H and O–H groups in total. The van der Waals surface area contributed by atoms with E-state index >= 15 is 0 Å². The van der Waals surface area contributed by atoms with Gasteiger partial charge in [-0.15, -0.1) is 0 Å². The summed E-state index contributed by atoms with van der Waals surface area (Å²) in [6.45, 7) is 2.07. The summed E-state index contributed by atoms with van der Waals surface area (Å²) in [5, 5.41) is 1.16. The van der Waals surface area contributed by atoms with Gasteiger partial charge < -0.3 is 4.74 Å². The monoisotopic (exact) mass is 465 g/mol. The normalized spacial score (nSPS) is 29.0. The molecular weight excluding hydrogens is 442 g/mol. The second-order valence-electron chi connectivity index (χ2n) is 9.37. The number of ether oxygens (including phenoxy) is 1. The van der Waals surface area contributed by atoms with E-state index in [1.807, 2.05) is 36.4 Å². The number of rotatable bonds is 4. The second-order valence-corrected chi connectivity index (χ2v) is 10.8. The van der Waals surface area contributed by atoms with Crippen molar-refractivity contribution in [3.63, 3.8) is 0 Å². The number of aromatic nitrogens is 1. The van der Waals surface area contributed by atoms with Crippen molar-refractivity contribution in [3.05, 3.63) is 52.5 Å². The fourth-order valence-electron chi connectivity index (χ4n) is 6.35. The number of nitrogens with zero attached hydrogens (tertiary/aromatic N) is 1. The predicted octanol–water partition coefficient (Wildman–Crippen LogP) is 6.59. The molecule has 0 aliphatic heterocycles. The van der Waals surface area contributed by atoms with Crippen LogP contribution in [0.25, 0.3) is 10.2 Å². The number of carbonyl (C=O) groups is 2. The van der Waals surface area contributed by atoms with Gasteiger partial charge in [-0.3, -0.25) is 9.59 Å². The van der Waals surface area contributed by atoms with Gasteiger partial charge in [0.25, 0.3) is 5.19 Å². The molecule has 7 rings (SSSR count). The number of aryl methyl sites for hydroxylation is 1. The third-order valence-electron chi connectivity index (χ3n) is 7.79. The van der Waals surface area contributed by atoms with Crippen LogP contribution in [-0.2, 0) is 16.0 Å². The van der Waals surface area contributed by atoms with Crippen molar-refractivity contribution in [3.8, 4) is 10.9 Å². The molecule has 4 saturated carbocycles. The Labute approximate surface area is 195 Å². The lowest BCUT2D eigenvalue weighted by molar-refractivity contribution is -0.129. The Morgan fingerprint density at radius 1 is 1.00 bits per heavy atom. The molecule has 164 valence electrons. The molecule has 1 aromatic heterocycles. The number of benzene rings is 2. The minimum Gasteiger partial charge on any atom is -0.431 e. The number of halogens is 1. The van der Waals surface area contributed by atoms with E-state index in [0.29, 0.717) is 27.8 Å². The summed E-state index contributed by atoms with van der Waals surface area (Å²) in [6, 6.07) is 11.4. The lowest BCUT2D eigenvalue weighted by atomic mass is 9.59. The standard InChI is InChI=1S/C26H24ClNO3S/c1-2-13-7-9-17(31-26-28-19-11-16(27)8-10-20(19)32-26)12-18(13)23-24(29)21-14-3-4-15(6-5-14)22(21)25(23)30/h7-12,14-15,21-23H,2-6H2,1H3. The maximum atomic E-state index is 13.5. The van der Waals surface area contributed by atoms with Crippen molar-refractivity contribution in [2.45, 2.75) is 44.9 Å². The molecule has 6 heteroatoms. The number of ketones is 2. The molecule has 0 radical (unpaired) electrons. The lowest BCUT2D eigenvalue weighted by Crippen LogP contribution is -2.41. The Bertz CT molecular complexity index is 1210. The average Bonchev–Trinajstić information content (AvgIpc) is 3.32. The van der Waals surface area contributed by atoms with Crippen molar-refractivity contribution in [1.29, 1.82) is 0 Å². The van der Waals surface area contributed by atoms with Crippen LogP contribution in [0.15, 0.2) is 36.4 Å². The number of thiazole rings is 1. The first-order chi connectivity index (χ1) is 15.5. The van der Waals surface area contributed by atoms with Gasteiger partial charge in [0.15, 0.2) is 11.6 Å². The summed E-state index contributed by atoms with van der Waals surface area (Å²) in [6.07, 6.45) is 5.17. The van der Waals surface area contributed by atoms with Gasteiger partial charge in [0.1, 0.15) is 11.7 Å². The fourth-order valence-corrected chi connectivity index (χ4v) is 7.33. The summed E-state index contributed by atoms with van der Waals surface area (Å²) in [7, 11) is 0. The van der Waals surface area contributed by atoms with E-state index in [2.05, 4.69) is 11.9 Å². The van der Waals surface area contributed by atoms with Crippen LogP contribution >= 0.6 is 22.9 Å². The molecule has 1 heterocycles. The molecule has 4 aliphatic carbocycles. The maximum absolute atomic E-state index is 13.5. The first-order valence-electron chi connectivity index (χ1n) is 11.5. The minimum absolute atomic E-state index is 0.0664. The molecule has 2 atom stereocenters. The van der Waals surface area contributed by atoms with E-state index in [-0.39, 0.29) is 23.4 Å². The van der Waals surface area contributed by atoms with Crippen molar-refractivity contribution < 1.29 is 14.3 Å². The third-order valence-corrected chi connectivity index (χ3v) is 8.94. The Morgan fingerprint density at radius 2 is 1.69 bits per heavy atom. The zero-order valence-corrected chi connectivity index (χ0v) is 19.4. The number of fused-ring (bicyclic) bond motifs is 3. The van der Waals surface area contributed by atoms with Crippen LogP contribution in [0, 0.1) is 23.7 Å². The van der Waals surface area contributed by atoms with Gasteiger partial charge in [-0.1, -0.05) is 35.9 Å². The molecule has 0 saturated heterocycles. The Balaban J connectivity index is 1.35. The minimum atomic E-state index is -0.640. The topological polar surface area (TPSA) is 56.3 Å². The molecule has 4 nitrogen and oxygen atoms in total. The highest BCUT2D eigenvalue weighted by molar-refractivity contribution is 7.20. The van der Waals surface area contributed by atoms with E-state index < -0.39 is 5.92 Å². The highest BCUT2D eigenvalue weighted by atomic mass is 35.5. The van der Waals surface area contributed by atoms with E-state index in [4.69, 9.17) is 16.3 Å². The van der Waals surface area contributed by atoms with Crippen LogP contribution in [0.5, 0.6) is 10.9 Å². The van der Waals surface area contributed by atoms with Gasteiger partial charge in [-0.05, 0) is 85.4 Å². The van der Waals surface area contributed by atoms with Crippen LogP contribution in [0.2, 0.25) is 5.02 Å². The van der Waals surface area contributed by atoms with Gasteiger partial charge in [-0.25, -0.2) is 4.98 Å². The molecular formula is C26H24ClNO3S. The maximum Gasteiger partial charge on any atom is 0.279 e. The van der Waals surface area contributed by atoms with E-state index in [1.54, 1.807) is 0 Å². The summed E-state index contributed by atoms with van der Waals surface area (Å²) >= 11 is 7.53. The van der Waals surface area contributed by atoms with Crippen LogP contribution in [0.1, 0.15) is 49.7 Å². The van der Waals surface area contributed by atoms with Crippen LogP contribution in [-0.4, -0.2) is 16.6 Å². The van der Waals surface area contributed by atoms with Crippen molar-refractivity contribution in [2.75, 3.05) is 0 Å². The van der Waals surface area contributed by atoms with Crippen LogP contribution < -0.4 is 4.74 Å².